The molecule has 1 atom stereocenters. The minimum Gasteiger partial charge on any atom is -0.497 e. The molecule has 24 heavy (non-hydrogen) atoms. The van der Waals surface area contributed by atoms with Crippen molar-refractivity contribution in [2.24, 2.45) is 11.8 Å². The highest BCUT2D eigenvalue weighted by Crippen LogP contribution is 2.26. The van der Waals surface area contributed by atoms with Gasteiger partial charge in [-0.25, -0.2) is 0 Å². The van der Waals surface area contributed by atoms with Crippen LogP contribution < -0.4 is 20.3 Å². The average Bonchev–Trinajstić information content (AvgIpc) is 3.09. The van der Waals surface area contributed by atoms with Gasteiger partial charge in [0.15, 0.2) is 0 Å². The number of anilines is 1. The first-order chi connectivity index (χ1) is 11.3. The van der Waals surface area contributed by atoms with Gasteiger partial charge >= 0.3 is 0 Å². The van der Waals surface area contributed by atoms with E-state index in [0.29, 0.717) is 5.92 Å². The van der Waals surface area contributed by atoms with Gasteiger partial charge in [-0.2, -0.15) is 0 Å². The molecule has 2 aliphatic rings. The van der Waals surface area contributed by atoms with Crippen LogP contribution >= 0.6 is 12.4 Å². The number of halogens is 1. The molecule has 134 valence electrons. The molecule has 0 aromatic heterocycles. The summed E-state index contributed by atoms with van der Waals surface area (Å²) in [7, 11) is 1.70. The second kappa shape index (κ2) is 9.14. The first kappa shape index (κ1) is 18.9. The van der Waals surface area contributed by atoms with Crippen molar-refractivity contribution in [1.82, 2.24) is 10.6 Å². The maximum Gasteiger partial charge on any atom is 0.223 e. The first-order valence-electron chi connectivity index (χ1n) is 8.63. The van der Waals surface area contributed by atoms with Gasteiger partial charge in [-0.05, 0) is 50.4 Å². The predicted octanol–water partition coefficient (Wildman–Crippen LogP) is 2.06. The Kier molecular flexibility index (Phi) is 7.18. The smallest absolute Gasteiger partial charge is 0.223 e. The molecule has 3 rings (SSSR count). The second-order valence-corrected chi connectivity index (χ2v) is 6.57. The van der Waals surface area contributed by atoms with Gasteiger partial charge in [0, 0.05) is 37.3 Å². The van der Waals surface area contributed by atoms with E-state index in [2.05, 4.69) is 27.7 Å². The number of amides is 1. The summed E-state index contributed by atoms with van der Waals surface area (Å²) < 4.78 is 5.30. The van der Waals surface area contributed by atoms with E-state index in [4.69, 9.17) is 4.74 Å². The topological polar surface area (TPSA) is 53.6 Å². The predicted molar refractivity (Wildman–Crippen MR) is 99.2 cm³/mol. The van der Waals surface area contributed by atoms with Gasteiger partial charge in [0.05, 0.1) is 7.11 Å². The summed E-state index contributed by atoms with van der Waals surface area (Å²) >= 11 is 0. The Balaban J connectivity index is 0.00000208. The fourth-order valence-electron chi connectivity index (χ4n) is 3.51. The zero-order chi connectivity index (χ0) is 16.1. The number of piperidine rings is 1. The summed E-state index contributed by atoms with van der Waals surface area (Å²) in [6, 6.07) is 8.20. The Morgan fingerprint density at radius 3 is 2.88 bits per heavy atom. The van der Waals surface area contributed by atoms with Gasteiger partial charge < -0.3 is 20.3 Å². The van der Waals surface area contributed by atoms with Crippen LogP contribution in [0.25, 0.3) is 0 Å². The number of carbonyl (C=O) groups excluding carboxylic acids is 1. The molecule has 5 nitrogen and oxygen atoms in total. The number of nitrogens with zero attached hydrogens (tertiary/aromatic N) is 1. The molecule has 0 spiro atoms. The summed E-state index contributed by atoms with van der Waals surface area (Å²) in [5.74, 6) is 1.87. The van der Waals surface area contributed by atoms with E-state index in [-0.39, 0.29) is 24.2 Å². The van der Waals surface area contributed by atoms with Crippen molar-refractivity contribution in [2.45, 2.75) is 19.3 Å². The lowest BCUT2D eigenvalue weighted by atomic mass is 9.97. The van der Waals surface area contributed by atoms with Gasteiger partial charge in [0.2, 0.25) is 5.91 Å². The van der Waals surface area contributed by atoms with E-state index in [9.17, 15) is 4.79 Å². The fourth-order valence-corrected chi connectivity index (χ4v) is 3.51. The zero-order valence-electron chi connectivity index (χ0n) is 14.3. The number of methoxy groups -OCH3 is 1. The van der Waals surface area contributed by atoms with Crippen LogP contribution in [0.2, 0.25) is 0 Å². The molecular weight excluding hydrogens is 326 g/mol. The Hall–Kier alpha value is -1.46. The highest BCUT2D eigenvalue weighted by Gasteiger charge is 2.25. The standard InChI is InChI=1S/C18H27N3O2.ClH/c1-23-17-4-2-3-16(11-17)21-10-7-14(13-21)12-20-18(22)15-5-8-19-9-6-15;/h2-4,11,14-15,19H,5-10,12-13H2,1H3,(H,20,22);1H. The molecule has 0 bridgehead atoms. The van der Waals surface area contributed by atoms with E-state index in [1.165, 1.54) is 5.69 Å². The number of rotatable bonds is 5. The summed E-state index contributed by atoms with van der Waals surface area (Å²) in [6.07, 6.45) is 3.06. The van der Waals surface area contributed by atoms with Crippen molar-refractivity contribution in [3.8, 4) is 5.75 Å². The molecule has 2 saturated heterocycles. The highest BCUT2D eigenvalue weighted by molar-refractivity contribution is 5.85. The van der Waals surface area contributed by atoms with Crippen LogP contribution in [0, 0.1) is 11.8 Å². The normalized spacial score (nSPS) is 21.2. The Bertz CT molecular complexity index is 535. The monoisotopic (exact) mass is 353 g/mol. The van der Waals surface area contributed by atoms with Crippen molar-refractivity contribution in [3.63, 3.8) is 0 Å². The van der Waals surface area contributed by atoms with Crippen molar-refractivity contribution in [1.29, 1.82) is 0 Å². The van der Waals surface area contributed by atoms with Crippen LogP contribution in [0.4, 0.5) is 5.69 Å². The van der Waals surface area contributed by atoms with Crippen molar-refractivity contribution < 1.29 is 9.53 Å². The molecule has 0 radical (unpaired) electrons. The SMILES string of the molecule is COc1cccc(N2CCC(CNC(=O)C3CCNCC3)C2)c1.Cl. The van der Waals surface area contributed by atoms with Crippen LogP contribution in [0.1, 0.15) is 19.3 Å². The molecular formula is C18H28ClN3O2. The fraction of sp³-hybridized carbons (Fsp3) is 0.611. The lowest BCUT2D eigenvalue weighted by Crippen LogP contribution is -2.40. The number of hydrogen-bond acceptors (Lipinski definition) is 4. The van der Waals surface area contributed by atoms with Crippen molar-refractivity contribution >= 4 is 24.0 Å². The molecule has 2 N–H and O–H groups in total. The quantitative estimate of drug-likeness (QED) is 0.850. The zero-order valence-corrected chi connectivity index (χ0v) is 15.1. The second-order valence-electron chi connectivity index (χ2n) is 6.57. The molecule has 2 heterocycles. The maximum atomic E-state index is 12.2. The van der Waals surface area contributed by atoms with Gasteiger partial charge in [0.1, 0.15) is 5.75 Å². The van der Waals surface area contributed by atoms with E-state index in [1.807, 2.05) is 12.1 Å². The maximum absolute atomic E-state index is 12.2. The molecule has 1 amide bonds. The lowest BCUT2D eigenvalue weighted by molar-refractivity contribution is -0.125. The molecule has 0 saturated carbocycles. The van der Waals surface area contributed by atoms with Gasteiger partial charge in [0.25, 0.3) is 0 Å². The van der Waals surface area contributed by atoms with E-state index in [0.717, 1.165) is 57.7 Å². The highest BCUT2D eigenvalue weighted by atomic mass is 35.5. The van der Waals surface area contributed by atoms with Crippen molar-refractivity contribution in [3.05, 3.63) is 24.3 Å². The number of benzene rings is 1. The van der Waals surface area contributed by atoms with Crippen LogP contribution in [-0.2, 0) is 4.79 Å². The van der Waals surface area contributed by atoms with Gasteiger partial charge in [-0.3, -0.25) is 4.79 Å². The van der Waals surface area contributed by atoms with Gasteiger partial charge in [-0.15, -0.1) is 12.4 Å². The minimum absolute atomic E-state index is 0. The summed E-state index contributed by atoms with van der Waals surface area (Å²) in [4.78, 5) is 14.6. The van der Waals surface area contributed by atoms with Crippen LogP contribution in [-0.4, -0.2) is 45.7 Å². The summed E-state index contributed by atoms with van der Waals surface area (Å²) in [5, 5.41) is 6.47. The minimum atomic E-state index is 0. The first-order valence-corrected chi connectivity index (χ1v) is 8.63. The molecule has 6 heteroatoms. The number of hydrogen-bond donors (Lipinski definition) is 2. The molecule has 1 unspecified atom stereocenters. The number of nitrogens with one attached hydrogen (secondary N) is 2. The van der Waals surface area contributed by atoms with Crippen LogP contribution in [0.15, 0.2) is 24.3 Å². The van der Waals surface area contributed by atoms with Crippen molar-refractivity contribution in [2.75, 3.05) is 44.7 Å². The largest absolute Gasteiger partial charge is 0.497 e. The molecule has 1 aromatic carbocycles. The summed E-state index contributed by atoms with van der Waals surface area (Å²) in [5.41, 5.74) is 1.21. The van der Waals surface area contributed by atoms with Crippen LogP contribution in [0.3, 0.4) is 0 Å². The lowest BCUT2D eigenvalue weighted by Gasteiger charge is -2.23. The van der Waals surface area contributed by atoms with Crippen LogP contribution in [0.5, 0.6) is 5.75 Å². The van der Waals surface area contributed by atoms with E-state index < -0.39 is 0 Å². The third kappa shape index (κ3) is 4.77. The molecule has 1 aromatic rings. The third-order valence-electron chi connectivity index (χ3n) is 4.98. The Morgan fingerprint density at radius 2 is 2.12 bits per heavy atom. The molecule has 2 aliphatic heterocycles. The number of ether oxygens (including phenoxy) is 1. The van der Waals surface area contributed by atoms with E-state index in [1.54, 1.807) is 7.11 Å². The molecule has 2 fully saturated rings. The Morgan fingerprint density at radius 1 is 1.33 bits per heavy atom. The van der Waals surface area contributed by atoms with E-state index >= 15 is 0 Å². The molecule has 0 aliphatic carbocycles. The average molecular weight is 354 g/mol. The Labute approximate surface area is 150 Å². The number of carbonyl (C=O) groups is 1. The van der Waals surface area contributed by atoms with Gasteiger partial charge in [-0.1, -0.05) is 6.07 Å². The third-order valence-corrected chi connectivity index (χ3v) is 4.98. The summed E-state index contributed by atoms with van der Waals surface area (Å²) in [6.45, 7) is 4.76.